The molecule has 0 aliphatic carbocycles. The molecule has 0 aliphatic rings. The van der Waals surface area contributed by atoms with Gasteiger partial charge in [0.05, 0.1) is 26.1 Å². The SMILES string of the molecule is Brc1csc2c(-c3ccc4nc(-c5ccc[nH]5)[nH]c4c3)csc12. The van der Waals surface area contributed by atoms with Gasteiger partial charge in [0.15, 0.2) is 5.82 Å². The number of hydrogen-bond donors (Lipinski definition) is 2. The van der Waals surface area contributed by atoms with Crippen molar-refractivity contribution >= 4 is 59.0 Å². The van der Waals surface area contributed by atoms with Crippen LogP contribution in [0.5, 0.6) is 0 Å². The van der Waals surface area contributed by atoms with Gasteiger partial charge in [0.1, 0.15) is 0 Å². The normalized spacial score (nSPS) is 11.7. The molecule has 0 radical (unpaired) electrons. The highest BCUT2D eigenvalue weighted by atomic mass is 79.9. The Morgan fingerprint density at radius 2 is 1.96 bits per heavy atom. The Bertz CT molecular complexity index is 1130. The monoisotopic (exact) mass is 399 g/mol. The van der Waals surface area contributed by atoms with Crippen LogP contribution >= 0.6 is 38.6 Å². The smallest absolute Gasteiger partial charge is 0.154 e. The molecule has 112 valence electrons. The van der Waals surface area contributed by atoms with E-state index in [4.69, 9.17) is 0 Å². The second kappa shape index (κ2) is 5.06. The first-order chi connectivity index (χ1) is 11.3. The Balaban J connectivity index is 1.68. The molecule has 0 atom stereocenters. The number of hydrogen-bond acceptors (Lipinski definition) is 3. The Hall–Kier alpha value is -1.89. The minimum Gasteiger partial charge on any atom is -0.359 e. The Kier molecular flexibility index (Phi) is 2.98. The molecular weight excluding hydrogens is 390 g/mol. The molecule has 0 amide bonds. The van der Waals surface area contributed by atoms with Gasteiger partial charge in [-0.05, 0) is 45.8 Å². The number of aromatic nitrogens is 3. The zero-order valence-electron chi connectivity index (χ0n) is 11.8. The maximum Gasteiger partial charge on any atom is 0.154 e. The van der Waals surface area contributed by atoms with Crippen LogP contribution < -0.4 is 0 Å². The molecule has 4 heterocycles. The van der Waals surface area contributed by atoms with Crippen LogP contribution in [0.4, 0.5) is 0 Å². The number of imidazole rings is 1. The van der Waals surface area contributed by atoms with Crippen molar-refractivity contribution in [2.45, 2.75) is 0 Å². The first-order valence-corrected chi connectivity index (χ1v) is 9.63. The molecule has 0 saturated carbocycles. The van der Waals surface area contributed by atoms with Gasteiger partial charge in [0.25, 0.3) is 0 Å². The summed E-state index contributed by atoms with van der Waals surface area (Å²) in [5.41, 5.74) is 5.56. The lowest BCUT2D eigenvalue weighted by molar-refractivity contribution is 1.27. The van der Waals surface area contributed by atoms with Gasteiger partial charge in [-0.2, -0.15) is 0 Å². The molecule has 3 nitrogen and oxygen atoms in total. The van der Waals surface area contributed by atoms with Gasteiger partial charge < -0.3 is 9.97 Å². The van der Waals surface area contributed by atoms with Gasteiger partial charge >= 0.3 is 0 Å². The molecule has 23 heavy (non-hydrogen) atoms. The van der Waals surface area contributed by atoms with Crippen molar-refractivity contribution in [3.8, 4) is 22.6 Å². The molecule has 2 N–H and O–H groups in total. The van der Waals surface area contributed by atoms with Crippen LogP contribution in [-0.2, 0) is 0 Å². The van der Waals surface area contributed by atoms with Crippen LogP contribution in [0.2, 0.25) is 0 Å². The van der Waals surface area contributed by atoms with Crippen LogP contribution in [0, 0.1) is 0 Å². The predicted molar refractivity (Wildman–Crippen MR) is 102 cm³/mol. The summed E-state index contributed by atoms with van der Waals surface area (Å²) in [5.74, 6) is 0.872. The van der Waals surface area contributed by atoms with E-state index < -0.39 is 0 Å². The molecule has 0 unspecified atom stereocenters. The number of benzene rings is 1. The lowest BCUT2D eigenvalue weighted by Gasteiger charge is -1.98. The van der Waals surface area contributed by atoms with E-state index >= 15 is 0 Å². The van der Waals surface area contributed by atoms with E-state index in [1.165, 1.54) is 25.0 Å². The van der Waals surface area contributed by atoms with Crippen molar-refractivity contribution in [2.75, 3.05) is 0 Å². The summed E-state index contributed by atoms with van der Waals surface area (Å²) in [6.07, 6.45) is 1.91. The van der Waals surface area contributed by atoms with E-state index in [1.54, 1.807) is 22.7 Å². The van der Waals surface area contributed by atoms with Crippen molar-refractivity contribution in [3.05, 3.63) is 51.8 Å². The number of halogens is 1. The minimum atomic E-state index is 0.872. The molecule has 0 aliphatic heterocycles. The van der Waals surface area contributed by atoms with Crippen LogP contribution in [-0.4, -0.2) is 15.0 Å². The third-order valence-electron chi connectivity index (χ3n) is 3.89. The van der Waals surface area contributed by atoms with Crippen LogP contribution in [0.15, 0.2) is 51.8 Å². The number of aromatic amines is 2. The molecular formula is C17H10BrN3S2. The maximum atomic E-state index is 4.65. The maximum absolute atomic E-state index is 4.65. The Morgan fingerprint density at radius 3 is 2.83 bits per heavy atom. The van der Waals surface area contributed by atoms with Gasteiger partial charge in [-0.1, -0.05) is 6.07 Å². The first kappa shape index (κ1) is 13.5. The summed E-state index contributed by atoms with van der Waals surface area (Å²) in [7, 11) is 0. The Morgan fingerprint density at radius 1 is 1.04 bits per heavy atom. The number of thiophene rings is 2. The number of fused-ring (bicyclic) bond motifs is 2. The molecule has 6 heteroatoms. The van der Waals surface area contributed by atoms with Gasteiger partial charge in [-0.3, -0.25) is 0 Å². The van der Waals surface area contributed by atoms with Gasteiger partial charge in [0, 0.05) is 27.0 Å². The summed E-state index contributed by atoms with van der Waals surface area (Å²) in [4.78, 5) is 11.3. The summed E-state index contributed by atoms with van der Waals surface area (Å²) in [6, 6.07) is 10.4. The van der Waals surface area contributed by atoms with Crippen molar-refractivity contribution in [3.63, 3.8) is 0 Å². The quantitative estimate of drug-likeness (QED) is 0.361. The van der Waals surface area contributed by atoms with Gasteiger partial charge in [0.2, 0.25) is 0 Å². The zero-order chi connectivity index (χ0) is 15.4. The van der Waals surface area contributed by atoms with Crippen LogP contribution in [0.25, 0.3) is 43.1 Å². The third-order valence-corrected chi connectivity index (χ3v) is 7.24. The molecule has 4 aromatic heterocycles. The van der Waals surface area contributed by atoms with Crippen molar-refractivity contribution in [1.29, 1.82) is 0 Å². The molecule has 0 spiro atoms. The first-order valence-electron chi connectivity index (χ1n) is 7.08. The lowest BCUT2D eigenvalue weighted by atomic mass is 10.1. The summed E-state index contributed by atoms with van der Waals surface area (Å²) in [5, 5.41) is 4.39. The average molecular weight is 400 g/mol. The highest BCUT2D eigenvalue weighted by Crippen LogP contribution is 2.42. The average Bonchev–Trinajstić information content (AvgIpc) is 3.32. The van der Waals surface area contributed by atoms with Crippen LogP contribution in [0.1, 0.15) is 0 Å². The molecule has 5 rings (SSSR count). The van der Waals surface area contributed by atoms with E-state index in [-0.39, 0.29) is 0 Å². The van der Waals surface area contributed by atoms with Crippen LogP contribution in [0.3, 0.4) is 0 Å². The minimum absolute atomic E-state index is 0.872. The van der Waals surface area contributed by atoms with E-state index in [0.717, 1.165) is 22.6 Å². The van der Waals surface area contributed by atoms with E-state index in [9.17, 15) is 0 Å². The number of rotatable bonds is 2. The van der Waals surface area contributed by atoms with Crippen molar-refractivity contribution in [2.24, 2.45) is 0 Å². The number of H-pyrrole nitrogens is 2. The fourth-order valence-electron chi connectivity index (χ4n) is 2.77. The zero-order valence-corrected chi connectivity index (χ0v) is 15.0. The van der Waals surface area contributed by atoms with Gasteiger partial charge in [-0.15, -0.1) is 22.7 Å². The molecule has 0 fully saturated rings. The van der Waals surface area contributed by atoms with Gasteiger partial charge in [-0.25, -0.2) is 4.98 Å². The largest absolute Gasteiger partial charge is 0.359 e. The fraction of sp³-hybridized carbons (Fsp3) is 0. The fourth-order valence-corrected chi connectivity index (χ4v) is 5.84. The molecule has 5 aromatic rings. The van der Waals surface area contributed by atoms with E-state index in [1.807, 2.05) is 18.3 Å². The summed E-state index contributed by atoms with van der Waals surface area (Å²) < 4.78 is 3.84. The van der Waals surface area contributed by atoms with Crippen molar-refractivity contribution < 1.29 is 0 Å². The molecule has 0 saturated heterocycles. The lowest BCUT2D eigenvalue weighted by Crippen LogP contribution is -1.77. The summed E-state index contributed by atoms with van der Waals surface area (Å²) >= 11 is 7.19. The van der Waals surface area contributed by atoms with E-state index in [2.05, 4.69) is 59.8 Å². The topological polar surface area (TPSA) is 44.5 Å². The standard InChI is InChI=1S/C17H10BrN3S2/c18-11-8-23-15-10(7-22-16(11)15)9-3-4-12-14(6-9)21-17(20-12)13-2-1-5-19-13/h1-8,19H,(H,20,21). The number of nitrogens with one attached hydrogen (secondary N) is 2. The highest BCUT2D eigenvalue weighted by molar-refractivity contribution is 9.10. The second-order valence-corrected chi connectivity index (χ2v) is 7.91. The number of nitrogens with zero attached hydrogens (tertiary/aromatic N) is 1. The Labute approximate surface area is 148 Å². The molecule has 1 aromatic carbocycles. The summed E-state index contributed by atoms with van der Waals surface area (Å²) in [6.45, 7) is 0. The van der Waals surface area contributed by atoms with E-state index in [0.29, 0.717) is 0 Å². The second-order valence-electron chi connectivity index (χ2n) is 5.29. The predicted octanol–water partition coefficient (Wildman–Crippen LogP) is 6.26. The highest BCUT2D eigenvalue weighted by Gasteiger charge is 2.13. The van der Waals surface area contributed by atoms with Crippen molar-refractivity contribution in [1.82, 2.24) is 15.0 Å². The third kappa shape index (κ3) is 2.09. The molecule has 0 bridgehead atoms.